The molecule has 1 amide bonds. The van der Waals surface area contributed by atoms with E-state index in [1.165, 1.54) is 24.3 Å². The Bertz CT molecular complexity index is 729. The van der Waals surface area contributed by atoms with Crippen molar-refractivity contribution in [3.63, 3.8) is 0 Å². The van der Waals surface area contributed by atoms with Crippen molar-refractivity contribution in [2.45, 2.75) is 6.92 Å². The van der Waals surface area contributed by atoms with E-state index in [-0.39, 0.29) is 11.3 Å². The quantitative estimate of drug-likeness (QED) is 0.912. The molecule has 0 aliphatic rings. The lowest BCUT2D eigenvalue weighted by atomic mass is 10.1. The molecule has 0 saturated heterocycles. The Morgan fingerprint density at radius 2 is 1.71 bits per heavy atom. The largest absolute Gasteiger partial charge is 0.478 e. The van der Waals surface area contributed by atoms with Gasteiger partial charge in [-0.05, 0) is 37.3 Å². The number of halogens is 2. The predicted molar refractivity (Wildman–Crippen MR) is 72.4 cm³/mol. The predicted octanol–water partition coefficient (Wildman–Crippen LogP) is 3.22. The molecule has 0 aliphatic carbocycles. The second kappa shape index (κ2) is 5.70. The van der Waals surface area contributed by atoms with Gasteiger partial charge in [-0.1, -0.05) is 11.6 Å². The van der Waals surface area contributed by atoms with Gasteiger partial charge in [0, 0.05) is 5.69 Å². The molecular formula is C15H11F2NO3. The monoisotopic (exact) mass is 291 g/mol. The average Bonchev–Trinajstić information content (AvgIpc) is 2.41. The van der Waals surface area contributed by atoms with Gasteiger partial charge in [0.15, 0.2) is 0 Å². The third kappa shape index (κ3) is 3.22. The Morgan fingerprint density at radius 3 is 2.33 bits per heavy atom. The molecule has 6 heteroatoms. The number of carbonyl (C=O) groups is 2. The highest BCUT2D eigenvalue weighted by molar-refractivity contribution is 6.04. The van der Waals surface area contributed by atoms with Gasteiger partial charge in [0.1, 0.15) is 11.6 Å². The Kier molecular flexibility index (Phi) is 3.98. The SMILES string of the molecule is Cc1ccc(F)c(C(=O)Nc2ccc(C(=O)O)c(F)c2)c1. The zero-order valence-corrected chi connectivity index (χ0v) is 11.0. The molecule has 0 radical (unpaired) electrons. The van der Waals surface area contributed by atoms with Crippen molar-refractivity contribution in [3.8, 4) is 0 Å². The van der Waals surface area contributed by atoms with Crippen molar-refractivity contribution in [3.05, 3.63) is 64.7 Å². The fourth-order valence-corrected chi connectivity index (χ4v) is 1.78. The van der Waals surface area contributed by atoms with E-state index in [2.05, 4.69) is 5.32 Å². The highest BCUT2D eigenvalue weighted by atomic mass is 19.1. The smallest absolute Gasteiger partial charge is 0.338 e. The summed E-state index contributed by atoms with van der Waals surface area (Å²) in [6.07, 6.45) is 0. The molecule has 0 saturated carbocycles. The molecule has 0 bridgehead atoms. The van der Waals surface area contributed by atoms with Gasteiger partial charge in [0.25, 0.3) is 5.91 Å². The summed E-state index contributed by atoms with van der Waals surface area (Å²) in [5, 5.41) is 11.0. The fraction of sp³-hybridized carbons (Fsp3) is 0.0667. The van der Waals surface area contributed by atoms with Crippen LogP contribution in [0, 0.1) is 18.6 Å². The summed E-state index contributed by atoms with van der Waals surface area (Å²) >= 11 is 0. The first-order valence-corrected chi connectivity index (χ1v) is 5.99. The van der Waals surface area contributed by atoms with Gasteiger partial charge < -0.3 is 10.4 Å². The minimum absolute atomic E-state index is 0.0448. The van der Waals surface area contributed by atoms with Crippen LogP contribution in [0.25, 0.3) is 0 Å². The number of carboxylic acids is 1. The third-order valence-corrected chi connectivity index (χ3v) is 2.82. The van der Waals surface area contributed by atoms with Crippen LogP contribution in [0.4, 0.5) is 14.5 Å². The van der Waals surface area contributed by atoms with Crippen molar-refractivity contribution in [2.75, 3.05) is 5.32 Å². The summed E-state index contributed by atoms with van der Waals surface area (Å²) in [6.45, 7) is 1.71. The molecule has 0 fully saturated rings. The number of aromatic carboxylic acids is 1. The summed E-state index contributed by atoms with van der Waals surface area (Å²) in [4.78, 5) is 22.6. The van der Waals surface area contributed by atoms with E-state index in [0.717, 1.165) is 12.1 Å². The number of hydrogen-bond acceptors (Lipinski definition) is 2. The number of hydrogen-bond donors (Lipinski definition) is 2. The normalized spacial score (nSPS) is 10.2. The second-order valence-corrected chi connectivity index (χ2v) is 4.44. The first-order valence-electron chi connectivity index (χ1n) is 5.99. The van der Waals surface area contributed by atoms with Crippen LogP contribution in [-0.4, -0.2) is 17.0 Å². The van der Waals surface area contributed by atoms with Crippen LogP contribution in [0.2, 0.25) is 0 Å². The lowest BCUT2D eigenvalue weighted by Crippen LogP contribution is -2.14. The molecule has 2 N–H and O–H groups in total. The van der Waals surface area contributed by atoms with Gasteiger partial charge in [0.05, 0.1) is 11.1 Å². The fourth-order valence-electron chi connectivity index (χ4n) is 1.78. The molecule has 0 aromatic heterocycles. The first-order chi connectivity index (χ1) is 9.88. The maximum atomic E-state index is 13.6. The van der Waals surface area contributed by atoms with Gasteiger partial charge in [-0.25, -0.2) is 13.6 Å². The highest BCUT2D eigenvalue weighted by Crippen LogP contribution is 2.17. The number of benzene rings is 2. The van der Waals surface area contributed by atoms with E-state index in [4.69, 9.17) is 5.11 Å². The van der Waals surface area contributed by atoms with Crippen molar-refractivity contribution >= 4 is 17.6 Å². The van der Waals surface area contributed by atoms with Crippen LogP contribution in [-0.2, 0) is 0 Å². The molecule has 4 nitrogen and oxygen atoms in total. The van der Waals surface area contributed by atoms with E-state index in [1.807, 2.05) is 0 Å². The number of aryl methyl sites for hydroxylation is 1. The van der Waals surface area contributed by atoms with E-state index in [0.29, 0.717) is 5.56 Å². The number of carboxylic acid groups (broad SMARTS) is 1. The highest BCUT2D eigenvalue weighted by Gasteiger charge is 2.14. The van der Waals surface area contributed by atoms with Crippen LogP contribution in [0.1, 0.15) is 26.3 Å². The number of amides is 1. The lowest BCUT2D eigenvalue weighted by Gasteiger charge is -2.08. The third-order valence-electron chi connectivity index (χ3n) is 2.82. The summed E-state index contributed by atoms with van der Waals surface area (Å²) in [5.41, 5.74) is 0.0739. The second-order valence-electron chi connectivity index (χ2n) is 4.44. The molecule has 0 heterocycles. The first kappa shape index (κ1) is 14.6. The molecule has 0 aliphatic heterocycles. The van der Waals surface area contributed by atoms with E-state index in [1.54, 1.807) is 6.92 Å². The molecule has 0 atom stereocenters. The van der Waals surface area contributed by atoms with Crippen LogP contribution in [0.15, 0.2) is 36.4 Å². The number of anilines is 1. The molecule has 2 aromatic rings. The Labute approximate surface area is 119 Å². The van der Waals surface area contributed by atoms with E-state index in [9.17, 15) is 18.4 Å². The Hall–Kier alpha value is -2.76. The van der Waals surface area contributed by atoms with Gasteiger partial charge in [-0.3, -0.25) is 4.79 Å². The van der Waals surface area contributed by atoms with Gasteiger partial charge in [-0.15, -0.1) is 0 Å². The molecule has 2 aromatic carbocycles. The summed E-state index contributed by atoms with van der Waals surface area (Å²) in [7, 11) is 0. The molecule has 108 valence electrons. The summed E-state index contributed by atoms with van der Waals surface area (Å²) in [5.74, 6) is -3.82. The van der Waals surface area contributed by atoms with Crippen LogP contribution < -0.4 is 5.32 Å². The Balaban J connectivity index is 2.26. The van der Waals surface area contributed by atoms with Gasteiger partial charge in [0.2, 0.25) is 0 Å². The molecular weight excluding hydrogens is 280 g/mol. The van der Waals surface area contributed by atoms with Crippen LogP contribution in [0.3, 0.4) is 0 Å². The topological polar surface area (TPSA) is 66.4 Å². The number of carbonyl (C=O) groups excluding carboxylic acids is 1. The summed E-state index contributed by atoms with van der Waals surface area (Å²) in [6, 6.07) is 7.19. The maximum Gasteiger partial charge on any atom is 0.338 e. The minimum Gasteiger partial charge on any atom is -0.478 e. The number of rotatable bonds is 3. The average molecular weight is 291 g/mol. The van der Waals surface area contributed by atoms with Crippen molar-refractivity contribution in [1.29, 1.82) is 0 Å². The molecule has 0 unspecified atom stereocenters. The lowest BCUT2D eigenvalue weighted by molar-refractivity contribution is 0.0692. The number of nitrogens with one attached hydrogen (secondary N) is 1. The molecule has 2 rings (SSSR count). The van der Waals surface area contributed by atoms with Crippen molar-refractivity contribution in [1.82, 2.24) is 0 Å². The zero-order valence-electron chi connectivity index (χ0n) is 11.0. The molecule has 0 spiro atoms. The van der Waals surface area contributed by atoms with Crippen LogP contribution >= 0.6 is 0 Å². The van der Waals surface area contributed by atoms with E-state index >= 15 is 0 Å². The minimum atomic E-state index is -1.41. The Morgan fingerprint density at radius 1 is 1.00 bits per heavy atom. The van der Waals surface area contributed by atoms with Crippen LogP contribution in [0.5, 0.6) is 0 Å². The molecule has 21 heavy (non-hydrogen) atoms. The van der Waals surface area contributed by atoms with E-state index < -0.39 is 29.1 Å². The summed E-state index contributed by atoms with van der Waals surface area (Å²) < 4.78 is 27.1. The standard InChI is InChI=1S/C15H11F2NO3/c1-8-2-5-12(16)11(6-8)14(19)18-9-3-4-10(15(20)21)13(17)7-9/h2-7H,1H3,(H,18,19)(H,20,21). The van der Waals surface area contributed by atoms with Gasteiger partial charge in [-0.2, -0.15) is 0 Å². The maximum absolute atomic E-state index is 13.6. The van der Waals surface area contributed by atoms with Gasteiger partial charge >= 0.3 is 5.97 Å². The zero-order chi connectivity index (χ0) is 15.6. The van der Waals surface area contributed by atoms with Crippen molar-refractivity contribution in [2.24, 2.45) is 0 Å². The van der Waals surface area contributed by atoms with Crippen molar-refractivity contribution < 1.29 is 23.5 Å².